The molecule has 1 rings (SSSR count). The minimum Gasteiger partial charge on any atom is -0.465 e. The Morgan fingerprint density at radius 2 is 1.95 bits per heavy atom. The normalized spacial score (nSPS) is 11.0. The maximum absolute atomic E-state index is 11.9. The van der Waals surface area contributed by atoms with Crippen molar-refractivity contribution in [3.8, 4) is 0 Å². The Hall–Kier alpha value is -2.20. The van der Waals surface area contributed by atoms with Crippen LogP contribution >= 0.6 is 0 Å². The number of nitro benzene ring substituents is 1. The highest BCUT2D eigenvalue weighted by molar-refractivity contribution is 7.89. The minimum absolute atomic E-state index is 0.0331. The van der Waals surface area contributed by atoms with Crippen LogP contribution in [0.1, 0.15) is 6.42 Å². The molecule has 1 aromatic carbocycles. The summed E-state index contributed by atoms with van der Waals surface area (Å²) in [7, 11) is -4.00. The van der Waals surface area contributed by atoms with E-state index in [0.29, 0.717) is 0 Å². The molecule has 10 heteroatoms. The highest BCUT2D eigenvalue weighted by Crippen LogP contribution is 2.22. The maximum atomic E-state index is 11.9. The first kappa shape index (κ1) is 15.9. The molecule has 0 aromatic heterocycles. The second kappa shape index (κ2) is 6.82. The lowest BCUT2D eigenvalue weighted by molar-refractivity contribution is -0.387. The topological polar surface area (TPSA) is 139 Å². The number of nitrogens with zero attached hydrogens (tertiary/aromatic N) is 1. The smallest absolute Gasteiger partial charge is 0.404 e. The third-order valence-electron chi connectivity index (χ3n) is 2.27. The van der Waals surface area contributed by atoms with Gasteiger partial charge in [-0.1, -0.05) is 12.1 Å². The Bertz CT molecular complexity index is 601. The van der Waals surface area contributed by atoms with Gasteiger partial charge in [0.15, 0.2) is 4.90 Å². The molecule has 0 aliphatic heterocycles. The molecule has 0 heterocycles. The molecule has 0 saturated heterocycles. The van der Waals surface area contributed by atoms with Crippen LogP contribution in [0.2, 0.25) is 0 Å². The molecule has 110 valence electrons. The van der Waals surface area contributed by atoms with Crippen LogP contribution in [0.25, 0.3) is 0 Å². The fraction of sp³-hybridized carbons (Fsp3) is 0.300. The van der Waals surface area contributed by atoms with Gasteiger partial charge in [-0.3, -0.25) is 10.1 Å². The lowest BCUT2D eigenvalue weighted by Gasteiger charge is -2.07. The summed E-state index contributed by atoms with van der Waals surface area (Å²) >= 11 is 0. The van der Waals surface area contributed by atoms with E-state index in [2.05, 4.69) is 10.0 Å². The summed E-state index contributed by atoms with van der Waals surface area (Å²) in [5, 5.41) is 21.2. The first-order valence-corrected chi connectivity index (χ1v) is 7.03. The largest absolute Gasteiger partial charge is 0.465 e. The van der Waals surface area contributed by atoms with Crippen molar-refractivity contribution in [2.45, 2.75) is 11.3 Å². The molecule has 0 aliphatic rings. The highest BCUT2D eigenvalue weighted by Gasteiger charge is 2.24. The number of carbonyl (C=O) groups is 1. The van der Waals surface area contributed by atoms with Crippen LogP contribution in [0, 0.1) is 10.1 Å². The van der Waals surface area contributed by atoms with Gasteiger partial charge < -0.3 is 10.4 Å². The third-order valence-corrected chi connectivity index (χ3v) is 3.78. The molecule has 0 radical (unpaired) electrons. The average Bonchev–Trinajstić information content (AvgIpc) is 2.37. The van der Waals surface area contributed by atoms with Crippen LogP contribution < -0.4 is 10.0 Å². The van der Waals surface area contributed by atoms with E-state index in [4.69, 9.17) is 5.11 Å². The first-order valence-electron chi connectivity index (χ1n) is 5.54. The van der Waals surface area contributed by atoms with Crippen molar-refractivity contribution in [3.05, 3.63) is 34.4 Å². The summed E-state index contributed by atoms with van der Waals surface area (Å²) in [5.74, 6) is 0. The number of sulfonamides is 1. The predicted octanol–water partition coefficient (Wildman–Crippen LogP) is 0.531. The van der Waals surface area contributed by atoms with Gasteiger partial charge in [0.25, 0.3) is 5.69 Å². The van der Waals surface area contributed by atoms with E-state index >= 15 is 0 Å². The maximum Gasteiger partial charge on any atom is 0.404 e. The zero-order chi connectivity index (χ0) is 15.2. The van der Waals surface area contributed by atoms with Gasteiger partial charge in [-0.2, -0.15) is 0 Å². The van der Waals surface area contributed by atoms with Crippen molar-refractivity contribution < 1.29 is 23.2 Å². The van der Waals surface area contributed by atoms with Crippen LogP contribution in [0.4, 0.5) is 10.5 Å². The summed E-state index contributed by atoms with van der Waals surface area (Å²) < 4.78 is 26.0. The van der Waals surface area contributed by atoms with Crippen LogP contribution in [-0.4, -0.2) is 37.6 Å². The van der Waals surface area contributed by atoms with Crippen molar-refractivity contribution in [2.75, 3.05) is 13.1 Å². The van der Waals surface area contributed by atoms with E-state index in [1.807, 2.05) is 0 Å². The zero-order valence-electron chi connectivity index (χ0n) is 10.3. The molecule has 0 aliphatic carbocycles. The second-order valence-corrected chi connectivity index (χ2v) is 5.44. The molecule has 0 saturated carbocycles. The summed E-state index contributed by atoms with van der Waals surface area (Å²) in [6.45, 7) is 0.0450. The predicted molar refractivity (Wildman–Crippen MR) is 68.9 cm³/mol. The zero-order valence-corrected chi connectivity index (χ0v) is 11.1. The molecule has 0 atom stereocenters. The van der Waals surface area contributed by atoms with Gasteiger partial charge in [0.1, 0.15) is 0 Å². The molecule has 1 aromatic rings. The van der Waals surface area contributed by atoms with Crippen LogP contribution in [0.5, 0.6) is 0 Å². The Morgan fingerprint density at radius 1 is 1.30 bits per heavy atom. The monoisotopic (exact) mass is 303 g/mol. The van der Waals surface area contributed by atoms with Gasteiger partial charge in [-0.15, -0.1) is 0 Å². The van der Waals surface area contributed by atoms with E-state index in [1.165, 1.54) is 12.1 Å². The number of benzene rings is 1. The molecule has 0 fully saturated rings. The van der Waals surface area contributed by atoms with Crippen molar-refractivity contribution in [1.29, 1.82) is 0 Å². The molecule has 1 amide bonds. The molecule has 0 spiro atoms. The summed E-state index contributed by atoms with van der Waals surface area (Å²) in [4.78, 5) is 19.7. The SMILES string of the molecule is O=C(O)NCCCNS(=O)(=O)c1ccccc1[N+](=O)[O-]. The van der Waals surface area contributed by atoms with Gasteiger partial charge in [0.05, 0.1) is 4.92 Å². The molecule has 0 bridgehead atoms. The minimum atomic E-state index is -4.00. The fourth-order valence-corrected chi connectivity index (χ4v) is 2.65. The van der Waals surface area contributed by atoms with E-state index in [9.17, 15) is 23.3 Å². The number of rotatable bonds is 7. The molecule has 9 nitrogen and oxygen atoms in total. The van der Waals surface area contributed by atoms with Crippen LogP contribution in [-0.2, 0) is 10.0 Å². The quantitative estimate of drug-likeness (QED) is 0.381. The Morgan fingerprint density at radius 3 is 2.55 bits per heavy atom. The van der Waals surface area contributed by atoms with E-state index < -0.39 is 31.6 Å². The molecule has 0 unspecified atom stereocenters. The molecule has 3 N–H and O–H groups in total. The summed E-state index contributed by atoms with van der Waals surface area (Å²) in [6, 6.07) is 4.98. The number of para-hydroxylation sites is 1. The molecular weight excluding hydrogens is 290 g/mol. The van der Waals surface area contributed by atoms with Gasteiger partial charge in [0, 0.05) is 19.2 Å². The first-order chi connectivity index (χ1) is 9.34. The van der Waals surface area contributed by atoms with Crippen LogP contribution in [0.3, 0.4) is 0 Å². The lowest BCUT2D eigenvalue weighted by atomic mass is 10.3. The molecular formula is C10H13N3O6S. The van der Waals surface area contributed by atoms with Gasteiger partial charge in [0.2, 0.25) is 10.0 Å². The standard InChI is InChI=1S/C10H13N3O6S/c14-10(15)11-6-3-7-12-20(18,19)9-5-2-1-4-8(9)13(16)17/h1-2,4-5,11-12H,3,6-7H2,(H,14,15). The number of nitrogens with one attached hydrogen (secondary N) is 2. The number of nitro groups is 1. The highest BCUT2D eigenvalue weighted by atomic mass is 32.2. The van der Waals surface area contributed by atoms with E-state index in [-0.39, 0.29) is 19.5 Å². The second-order valence-electron chi connectivity index (χ2n) is 3.71. The number of hydrogen-bond donors (Lipinski definition) is 3. The van der Waals surface area contributed by atoms with Crippen molar-refractivity contribution >= 4 is 21.8 Å². The summed E-state index contributed by atoms with van der Waals surface area (Å²) in [6.07, 6.45) is -0.974. The van der Waals surface area contributed by atoms with Crippen molar-refractivity contribution in [3.63, 3.8) is 0 Å². The number of hydrogen-bond acceptors (Lipinski definition) is 5. The van der Waals surface area contributed by atoms with E-state index in [1.54, 1.807) is 0 Å². The van der Waals surface area contributed by atoms with Gasteiger partial charge >= 0.3 is 6.09 Å². The Labute approximate surface area is 114 Å². The summed E-state index contributed by atoms with van der Waals surface area (Å²) in [5.41, 5.74) is -0.510. The van der Waals surface area contributed by atoms with Gasteiger partial charge in [-0.25, -0.2) is 17.9 Å². The number of amides is 1. The Kier molecular flexibility index (Phi) is 5.41. The van der Waals surface area contributed by atoms with Crippen molar-refractivity contribution in [2.24, 2.45) is 0 Å². The number of carboxylic acid groups (broad SMARTS) is 1. The average molecular weight is 303 g/mol. The third kappa shape index (κ3) is 4.48. The fourth-order valence-electron chi connectivity index (χ4n) is 1.40. The molecule has 20 heavy (non-hydrogen) atoms. The van der Waals surface area contributed by atoms with Crippen LogP contribution in [0.15, 0.2) is 29.2 Å². The van der Waals surface area contributed by atoms with Gasteiger partial charge in [-0.05, 0) is 12.5 Å². The lowest BCUT2D eigenvalue weighted by Crippen LogP contribution is -2.29. The van der Waals surface area contributed by atoms with E-state index in [0.717, 1.165) is 12.1 Å². The Balaban J connectivity index is 2.70. The van der Waals surface area contributed by atoms with Crippen molar-refractivity contribution in [1.82, 2.24) is 10.0 Å².